The summed E-state index contributed by atoms with van der Waals surface area (Å²) in [5.41, 5.74) is 1.05. The van der Waals surface area contributed by atoms with Gasteiger partial charge in [0, 0.05) is 24.1 Å². The Labute approximate surface area is 150 Å². The largest absolute Gasteiger partial charge is 0.370 e. The lowest BCUT2D eigenvalue weighted by Gasteiger charge is -2.33. The van der Waals surface area contributed by atoms with Gasteiger partial charge in [0.15, 0.2) is 0 Å². The number of urea groups is 1. The summed E-state index contributed by atoms with van der Waals surface area (Å²) < 4.78 is 6.79. The van der Waals surface area contributed by atoms with Gasteiger partial charge in [0.1, 0.15) is 6.10 Å². The molecule has 0 radical (unpaired) electrons. The zero-order chi connectivity index (χ0) is 16.9. The van der Waals surface area contributed by atoms with Crippen LogP contribution in [0.4, 0.5) is 4.79 Å². The number of hydrogen-bond donors (Lipinski definition) is 1. The third kappa shape index (κ3) is 4.27. The number of carbonyl (C=O) groups excluding carboxylic acids is 2. The third-order valence-electron chi connectivity index (χ3n) is 4.45. The number of benzene rings is 1. The van der Waals surface area contributed by atoms with Gasteiger partial charge in [-0.2, -0.15) is 0 Å². The molecular weight excluding hydrogens is 374 g/mol. The van der Waals surface area contributed by atoms with Crippen molar-refractivity contribution in [3.63, 3.8) is 0 Å². The fourth-order valence-electron chi connectivity index (χ4n) is 3.05. The Morgan fingerprint density at radius 1 is 1.12 bits per heavy atom. The monoisotopic (exact) mass is 395 g/mol. The minimum atomic E-state index is -0.201. The minimum Gasteiger partial charge on any atom is -0.370 e. The Morgan fingerprint density at radius 3 is 2.54 bits per heavy atom. The lowest BCUT2D eigenvalue weighted by Crippen LogP contribution is -2.49. The van der Waals surface area contributed by atoms with Crippen LogP contribution in [0, 0.1) is 0 Å². The molecule has 2 aliphatic rings. The molecule has 1 unspecified atom stereocenters. The second-order valence-electron chi connectivity index (χ2n) is 6.10. The Morgan fingerprint density at radius 2 is 1.83 bits per heavy atom. The molecule has 2 fully saturated rings. The molecule has 0 aromatic heterocycles. The summed E-state index contributed by atoms with van der Waals surface area (Å²) >= 11 is 3.42. The SMILES string of the molecule is O=C(CNC(=O)N1CCOC(c2ccc(Br)cc2)C1)N1CCCC1. The number of carbonyl (C=O) groups is 2. The Kier molecular flexibility index (Phi) is 5.73. The van der Waals surface area contributed by atoms with Gasteiger partial charge >= 0.3 is 6.03 Å². The average molecular weight is 396 g/mol. The highest BCUT2D eigenvalue weighted by Crippen LogP contribution is 2.23. The quantitative estimate of drug-likeness (QED) is 0.852. The summed E-state index contributed by atoms with van der Waals surface area (Å²) in [6, 6.07) is 7.71. The standard InChI is InChI=1S/C17H22BrN3O3/c18-14-5-3-13(4-6-14)15-12-21(9-10-24-15)17(23)19-11-16(22)20-7-1-2-8-20/h3-6,15H,1-2,7-12H2,(H,19,23). The molecule has 24 heavy (non-hydrogen) atoms. The van der Waals surface area contributed by atoms with Crippen molar-refractivity contribution in [2.75, 3.05) is 39.3 Å². The van der Waals surface area contributed by atoms with E-state index in [-0.39, 0.29) is 24.6 Å². The zero-order valence-corrected chi connectivity index (χ0v) is 15.1. The van der Waals surface area contributed by atoms with E-state index in [1.807, 2.05) is 29.2 Å². The molecule has 1 aromatic rings. The number of halogens is 1. The van der Waals surface area contributed by atoms with Crippen molar-refractivity contribution in [3.05, 3.63) is 34.3 Å². The van der Waals surface area contributed by atoms with Crippen LogP contribution in [-0.4, -0.2) is 61.1 Å². The number of morpholine rings is 1. The number of nitrogens with zero attached hydrogens (tertiary/aromatic N) is 2. The van der Waals surface area contributed by atoms with Crippen LogP contribution in [0.2, 0.25) is 0 Å². The van der Waals surface area contributed by atoms with Crippen LogP contribution in [0.15, 0.2) is 28.7 Å². The van der Waals surface area contributed by atoms with Crippen molar-refractivity contribution < 1.29 is 14.3 Å². The summed E-state index contributed by atoms with van der Waals surface area (Å²) in [6.07, 6.45) is 1.97. The van der Waals surface area contributed by atoms with Crippen molar-refractivity contribution in [2.24, 2.45) is 0 Å². The molecule has 1 atom stereocenters. The molecule has 2 aliphatic heterocycles. The highest BCUT2D eigenvalue weighted by Gasteiger charge is 2.26. The number of hydrogen-bond acceptors (Lipinski definition) is 3. The van der Waals surface area contributed by atoms with E-state index in [2.05, 4.69) is 21.2 Å². The van der Waals surface area contributed by atoms with Crippen molar-refractivity contribution in [1.82, 2.24) is 15.1 Å². The maximum Gasteiger partial charge on any atom is 0.318 e. The maximum absolute atomic E-state index is 12.3. The summed E-state index contributed by atoms with van der Waals surface area (Å²) in [5, 5.41) is 2.74. The highest BCUT2D eigenvalue weighted by molar-refractivity contribution is 9.10. The van der Waals surface area contributed by atoms with Crippen LogP contribution in [0.3, 0.4) is 0 Å². The smallest absolute Gasteiger partial charge is 0.318 e. The number of likely N-dealkylation sites (tertiary alicyclic amines) is 1. The Bertz CT molecular complexity index is 587. The molecular formula is C17H22BrN3O3. The van der Waals surface area contributed by atoms with Gasteiger partial charge in [-0.25, -0.2) is 4.79 Å². The van der Waals surface area contributed by atoms with Crippen LogP contribution < -0.4 is 5.32 Å². The minimum absolute atomic E-state index is 0.00132. The fraction of sp³-hybridized carbons (Fsp3) is 0.529. The highest BCUT2D eigenvalue weighted by atomic mass is 79.9. The van der Waals surface area contributed by atoms with Gasteiger partial charge in [-0.05, 0) is 30.5 Å². The fourth-order valence-corrected chi connectivity index (χ4v) is 3.32. The van der Waals surface area contributed by atoms with Crippen molar-refractivity contribution >= 4 is 27.9 Å². The van der Waals surface area contributed by atoms with Crippen molar-refractivity contribution in [1.29, 1.82) is 0 Å². The van der Waals surface area contributed by atoms with Gasteiger partial charge in [0.25, 0.3) is 0 Å². The number of ether oxygens (including phenoxy) is 1. The summed E-state index contributed by atoms with van der Waals surface area (Å²) in [4.78, 5) is 27.9. The van der Waals surface area contributed by atoms with Crippen LogP contribution in [0.5, 0.6) is 0 Å². The first-order chi connectivity index (χ1) is 11.6. The topological polar surface area (TPSA) is 61.9 Å². The molecule has 3 amide bonds. The van der Waals surface area contributed by atoms with E-state index in [4.69, 9.17) is 4.74 Å². The van der Waals surface area contributed by atoms with Gasteiger partial charge < -0.3 is 19.9 Å². The zero-order valence-electron chi connectivity index (χ0n) is 13.5. The van der Waals surface area contributed by atoms with Gasteiger partial charge in [0.05, 0.1) is 19.7 Å². The number of amides is 3. The lowest BCUT2D eigenvalue weighted by atomic mass is 10.1. The molecule has 0 aliphatic carbocycles. The first-order valence-corrected chi connectivity index (χ1v) is 9.10. The average Bonchev–Trinajstić information content (AvgIpc) is 3.15. The van der Waals surface area contributed by atoms with E-state index in [1.54, 1.807) is 4.90 Å². The number of rotatable bonds is 3. The van der Waals surface area contributed by atoms with E-state index < -0.39 is 0 Å². The molecule has 7 heteroatoms. The van der Waals surface area contributed by atoms with E-state index in [9.17, 15) is 9.59 Å². The van der Waals surface area contributed by atoms with E-state index >= 15 is 0 Å². The summed E-state index contributed by atoms with van der Waals surface area (Å²) in [5.74, 6) is -0.00132. The lowest BCUT2D eigenvalue weighted by molar-refractivity contribution is -0.129. The summed E-state index contributed by atoms with van der Waals surface area (Å²) in [7, 11) is 0. The van der Waals surface area contributed by atoms with Gasteiger partial charge in [0.2, 0.25) is 5.91 Å². The Hall–Kier alpha value is -1.60. The molecule has 130 valence electrons. The van der Waals surface area contributed by atoms with E-state index in [0.29, 0.717) is 19.7 Å². The molecule has 3 rings (SSSR count). The predicted molar refractivity (Wildman–Crippen MR) is 93.6 cm³/mol. The molecule has 6 nitrogen and oxygen atoms in total. The second kappa shape index (κ2) is 7.98. The molecule has 0 saturated carbocycles. The Balaban J connectivity index is 1.51. The second-order valence-corrected chi connectivity index (χ2v) is 7.02. The van der Waals surface area contributed by atoms with Crippen molar-refractivity contribution in [2.45, 2.75) is 18.9 Å². The predicted octanol–water partition coefficient (Wildman–Crippen LogP) is 2.15. The molecule has 2 saturated heterocycles. The van der Waals surface area contributed by atoms with Gasteiger partial charge in [-0.3, -0.25) is 4.79 Å². The first-order valence-electron chi connectivity index (χ1n) is 8.31. The van der Waals surface area contributed by atoms with Gasteiger partial charge in [-0.1, -0.05) is 28.1 Å². The number of nitrogens with one attached hydrogen (secondary N) is 1. The normalized spacial score (nSPS) is 21.0. The molecule has 0 bridgehead atoms. The molecule has 0 spiro atoms. The van der Waals surface area contributed by atoms with Crippen LogP contribution in [0.25, 0.3) is 0 Å². The van der Waals surface area contributed by atoms with Crippen LogP contribution in [-0.2, 0) is 9.53 Å². The van der Waals surface area contributed by atoms with E-state index in [1.165, 1.54) is 0 Å². The third-order valence-corrected chi connectivity index (χ3v) is 4.97. The van der Waals surface area contributed by atoms with Crippen molar-refractivity contribution in [3.8, 4) is 0 Å². The summed E-state index contributed by atoms with van der Waals surface area (Å²) in [6.45, 7) is 3.20. The van der Waals surface area contributed by atoms with Crippen LogP contribution in [0.1, 0.15) is 24.5 Å². The first kappa shape index (κ1) is 17.2. The van der Waals surface area contributed by atoms with Crippen LogP contribution >= 0.6 is 15.9 Å². The molecule has 1 aromatic carbocycles. The van der Waals surface area contributed by atoms with Gasteiger partial charge in [-0.15, -0.1) is 0 Å². The maximum atomic E-state index is 12.3. The molecule has 1 N–H and O–H groups in total. The van der Waals surface area contributed by atoms with E-state index in [0.717, 1.165) is 36.0 Å². The molecule has 2 heterocycles.